The van der Waals surface area contributed by atoms with Gasteiger partial charge in [0.05, 0.1) is 15.5 Å². The van der Waals surface area contributed by atoms with Crippen molar-refractivity contribution in [1.82, 2.24) is 14.6 Å². The summed E-state index contributed by atoms with van der Waals surface area (Å²) in [6.45, 7) is 0.488. The van der Waals surface area contributed by atoms with Crippen LogP contribution in [0.1, 0.15) is 12.2 Å². The number of benzene rings is 1. The molecule has 0 amide bonds. The van der Waals surface area contributed by atoms with Gasteiger partial charge in [-0.25, -0.2) is 8.42 Å². The molecule has 0 aliphatic heterocycles. The van der Waals surface area contributed by atoms with Gasteiger partial charge in [-0.05, 0) is 24.6 Å². The van der Waals surface area contributed by atoms with E-state index in [-0.39, 0.29) is 10.6 Å². The highest BCUT2D eigenvalue weighted by molar-refractivity contribution is 7.90. The molecule has 10 heteroatoms. The van der Waals surface area contributed by atoms with Crippen LogP contribution in [0.3, 0.4) is 0 Å². The minimum Gasteiger partial charge on any atom is -0.384 e. The van der Waals surface area contributed by atoms with Crippen LogP contribution in [0.2, 0.25) is 0 Å². The van der Waals surface area contributed by atoms with Crippen LogP contribution >= 0.6 is 0 Å². The number of nitro benzene ring substituents is 1. The van der Waals surface area contributed by atoms with Gasteiger partial charge in [0.2, 0.25) is 0 Å². The fourth-order valence-electron chi connectivity index (χ4n) is 2.61. The van der Waals surface area contributed by atoms with E-state index in [0.29, 0.717) is 25.1 Å². The monoisotopic (exact) mass is 375 g/mol. The third-order valence-corrected chi connectivity index (χ3v) is 4.99. The second-order valence-corrected chi connectivity index (χ2v) is 7.77. The molecule has 26 heavy (non-hydrogen) atoms. The Kier molecular flexibility index (Phi) is 4.85. The molecule has 0 unspecified atom stereocenters. The first-order chi connectivity index (χ1) is 12.4. The predicted octanol–water partition coefficient (Wildman–Crippen LogP) is 2.09. The van der Waals surface area contributed by atoms with E-state index in [2.05, 4.69) is 15.5 Å². The molecular formula is C16H17N5O4S. The second-order valence-electron chi connectivity index (χ2n) is 5.79. The van der Waals surface area contributed by atoms with Gasteiger partial charge in [-0.2, -0.15) is 0 Å². The van der Waals surface area contributed by atoms with Crippen molar-refractivity contribution in [2.45, 2.75) is 17.7 Å². The van der Waals surface area contributed by atoms with E-state index in [1.165, 1.54) is 12.1 Å². The highest BCUT2D eigenvalue weighted by atomic mass is 32.2. The predicted molar refractivity (Wildman–Crippen MR) is 96.0 cm³/mol. The Morgan fingerprint density at radius 3 is 2.77 bits per heavy atom. The van der Waals surface area contributed by atoms with Gasteiger partial charge < -0.3 is 5.32 Å². The summed E-state index contributed by atoms with van der Waals surface area (Å²) in [6, 6.07) is 9.42. The van der Waals surface area contributed by atoms with E-state index in [1.54, 1.807) is 0 Å². The van der Waals surface area contributed by atoms with E-state index in [4.69, 9.17) is 0 Å². The molecule has 0 spiro atoms. The third kappa shape index (κ3) is 3.80. The molecule has 0 saturated carbocycles. The summed E-state index contributed by atoms with van der Waals surface area (Å²) < 4.78 is 25.7. The molecule has 0 fully saturated rings. The zero-order valence-corrected chi connectivity index (χ0v) is 14.8. The summed E-state index contributed by atoms with van der Waals surface area (Å²) in [6.07, 6.45) is 4.25. The molecular weight excluding hydrogens is 358 g/mol. The van der Waals surface area contributed by atoms with Crippen molar-refractivity contribution in [2.75, 3.05) is 18.1 Å². The maximum Gasteiger partial charge on any atom is 0.270 e. The smallest absolute Gasteiger partial charge is 0.270 e. The number of fused-ring (bicyclic) bond motifs is 1. The Hall–Kier alpha value is -3.01. The van der Waals surface area contributed by atoms with Gasteiger partial charge in [0.1, 0.15) is 5.82 Å². The first-order valence-corrected chi connectivity index (χ1v) is 9.76. The van der Waals surface area contributed by atoms with Crippen molar-refractivity contribution in [3.05, 3.63) is 58.5 Å². The van der Waals surface area contributed by atoms with Gasteiger partial charge in [0.25, 0.3) is 5.69 Å². The van der Waals surface area contributed by atoms with Gasteiger partial charge in [0, 0.05) is 37.6 Å². The van der Waals surface area contributed by atoms with Crippen LogP contribution in [0, 0.1) is 10.1 Å². The molecule has 0 aliphatic rings. The molecule has 2 aromatic heterocycles. The summed E-state index contributed by atoms with van der Waals surface area (Å²) in [4.78, 5) is 10.2. The van der Waals surface area contributed by atoms with Crippen LogP contribution in [0.25, 0.3) is 5.65 Å². The van der Waals surface area contributed by atoms with E-state index in [0.717, 1.165) is 23.8 Å². The van der Waals surface area contributed by atoms with Crippen LogP contribution in [-0.2, 0) is 16.3 Å². The first kappa shape index (κ1) is 17.8. The number of anilines is 1. The minimum atomic E-state index is -3.59. The molecule has 1 N–H and O–H groups in total. The average Bonchev–Trinajstić information content (AvgIpc) is 3.01. The summed E-state index contributed by atoms with van der Waals surface area (Å²) in [5, 5.41) is 22.1. The maximum atomic E-state index is 11.9. The van der Waals surface area contributed by atoms with Crippen LogP contribution in [0.5, 0.6) is 0 Å². The number of sulfone groups is 1. The number of rotatable bonds is 7. The normalized spacial score (nSPS) is 11.6. The topological polar surface area (TPSA) is 120 Å². The van der Waals surface area contributed by atoms with Crippen molar-refractivity contribution in [3.8, 4) is 0 Å². The number of nitrogens with zero attached hydrogens (tertiary/aromatic N) is 4. The Balaban J connectivity index is 1.69. The number of pyridine rings is 1. The van der Waals surface area contributed by atoms with Crippen molar-refractivity contribution in [2.24, 2.45) is 0 Å². The Labute approximate surface area is 149 Å². The summed E-state index contributed by atoms with van der Waals surface area (Å²) >= 11 is 0. The lowest BCUT2D eigenvalue weighted by Gasteiger charge is -2.10. The standard InChI is InChI=1S/C16H17N5O4S/c1-26(24,25)14-11-12(21(22)23)7-8-13(14)17-9-4-6-16-19-18-15-5-2-3-10-20(15)16/h2-3,5,7-8,10-11,17H,4,6,9H2,1H3. The zero-order chi connectivity index (χ0) is 18.7. The van der Waals surface area contributed by atoms with Crippen LogP contribution in [-0.4, -0.2) is 40.7 Å². The van der Waals surface area contributed by atoms with Gasteiger partial charge in [-0.1, -0.05) is 6.07 Å². The number of nitro groups is 1. The summed E-state index contributed by atoms with van der Waals surface area (Å²) in [5.74, 6) is 0.814. The van der Waals surface area contributed by atoms with Gasteiger partial charge in [-0.15, -0.1) is 10.2 Å². The molecule has 0 aliphatic carbocycles. The van der Waals surface area contributed by atoms with Crippen molar-refractivity contribution in [1.29, 1.82) is 0 Å². The highest BCUT2D eigenvalue weighted by Crippen LogP contribution is 2.26. The van der Waals surface area contributed by atoms with Crippen LogP contribution in [0.4, 0.5) is 11.4 Å². The van der Waals surface area contributed by atoms with Gasteiger partial charge >= 0.3 is 0 Å². The fourth-order valence-corrected chi connectivity index (χ4v) is 3.48. The molecule has 0 saturated heterocycles. The molecule has 0 bridgehead atoms. The zero-order valence-electron chi connectivity index (χ0n) is 14.0. The molecule has 0 atom stereocenters. The lowest BCUT2D eigenvalue weighted by atomic mass is 10.2. The lowest BCUT2D eigenvalue weighted by Crippen LogP contribution is -2.09. The van der Waals surface area contributed by atoms with Crippen LogP contribution in [0.15, 0.2) is 47.5 Å². The van der Waals surface area contributed by atoms with Crippen LogP contribution < -0.4 is 5.32 Å². The number of non-ortho nitro benzene ring substituents is 1. The van der Waals surface area contributed by atoms with E-state index < -0.39 is 14.8 Å². The van der Waals surface area contributed by atoms with E-state index in [9.17, 15) is 18.5 Å². The second kappa shape index (κ2) is 7.08. The largest absolute Gasteiger partial charge is 0.384 e. The number of hydrogen-bond donors (Lipinski definition) is 1. The fraction of sp³-hybridized carbons (Fsp3) is 0.250. The first-order valence-electron chi connectivity index (χ1n) is 7.87. The Morgan fingerprint density at radius 1 is 1.23 bits per heavy atom. The number of aromatic nitrogens is 3. The van der Waals surface area contributed by atoms with E-state index in [1.807, 2.05) is 28.8 Å². The summed E-state index contributed by atoms with van der Waals surface area (Å²) in [5.41, 5.74) is 0.861. The molecule has 9 nitrogen and oxygen atoms in total. The molecule has 136 valence electrons. The molecule has 0 radical (unpaired) electrons. The molecule has 2 heterocycles. The molecule has 3 aromatic rings. The van der Waals surface area contributed by atoms with Crippen molar-refractivity contribution < 1.29 is 13.3 Å². The van der Waals surface area contributed by atoms with Gasteiger partial charge in [0.15, 0.2) is 15.5 Å². The van der Waals surface area contributed by atoms with Crippen molar-refractivity contribution >= 4 is 26.9 Å². The molecule has 1 aromatic carbocycles. The van der Waals surface area contributed by atoms with Gasteiger partial charge in [-0.3, -0.25) is 14.5 Å². The minimum absolute atomic E-state index is 0.0837. The Bertz CT molecular complexity index is 1060. The third-order valence-electron chi connectivity index (χ3n) is 3.85. The van der Waals surface area contributed by atoms with E-state index >= 15 is 0 Å². The lowest BCUT2D eigenvalue weighted by molar-refractivity contribution is -0.385. The quantitative estimate of drug-likeness (QED) is 0.381. The SMILES string of the molecule is CS(=O)(=O)c1cc([N+](=O)[O-])ccc1NCCCc1nnc2ccccn12. The number of nitrogens with one attached hydrogen (secondary N) is 1. The maximum absolute atomic E-state index is 11.9. The number of hydrogen-bond acceptors (Lipinski definition) is 7. The molecule has 3 rings (SSSR count). The summed E-state index contributed by atoms with van der Waals surface area (Å²) in [7, 11) is -3.59. The van der Waals surface area contributed by atoms with Crippen molar-refractivity contribution in [3.63, 3.8) is 0 Å². The Morgan fingerprint density at radius 2 is 2.04 bits per heavy atom. The average molecular weight is 375 g/mol. The number of aryl methyl sites for hydroxylation is 1. The highest BCUT2D eigenvalue weighted by Gasteiger charge is 2.18.